The smallest absolute Gasteiger partial charge is 0.146 e. The molecule has 1 aromatic carbocycles. The van der Waals surface area contributed by atoms with Crippen LogP contribution in [0.25, 0.3) is 0 Å². The van der Waals surface area contributed by atoms with Crippen molar-refractivity contribution in [3.05, 3.63) is 29.6 Å². The SMILES string of the molecule is CCCN(c1ccc(CNCC)cc1F)C1CC1. The normalized spacial score (nSPS) is 14.8. The Labute approximate surface area is 109 Å². The molecule has 1 aliphatic carbocycles. The van der Waals surface area contributed by atoms with Gasteiger partial charge in [-0.05, 0) is 43.5 Å². The predicted molar refractivity (Wildman–Crippen MR) is 74.4 cm³/mol. The van der Waals surface area contributed by atoms with Crippen molar-refractivity contribution in [3.63, 3.8) is 0 Å². The van der Waals surface area contributed by atoms with E-state index in [1.807, 2.05) is 12.1 Å². The number of nitrogens with one attached hydrogen (secondary N) is 1. The molecule has 18 heavy (non-hydrogen) atoms. The molecule has 0 spiro atoms. The number of halogens is 1. The first-order valence-corrected chi connectivity index (χ1v) is 7.02. The maximum Gasteiger partial charge on any atom is 0.146 e. The van der Waals surface area contributed by atoms with E-state index in [0.29, 0.717) is 6.04 Å². The summed E-state index contributed by atoms with van der Waals surface area (Å²) in [5.41, 5.74) is 1.80. The van der Waals surface area contributed by atoms with Crippen molar-refractivity contribution < 1.29 is 4.39 Å². The van der Waals surface area contributed by atoms with Crippen molar-refractivity contribution >= 4 is 5.69 Å². The summed E-state index contributed by atoms with van der Waals surface area (Å²) in [7, 11) is 0. The van der Waals surface area contributed by atoms with Crippen LogP contribution in [0.5, 0.6) is 0 Å². The Bertz CT molecular complexity index is 388. The molecule has 0 atom stereocenters. The summed E-state index contributed by atoms with van der Waals surface area (Å²) >= 11 is 0. The molecule has 100 valence electrons. The molecule has 0 aromatic heterocycles. The van der Waals surface area contributed by atoms with Crippen molar-refractivity contribution in [2.75, 3.05) is 18.0 Å². The Kier molecular flexibility index (Phi) is 4.59. The predicted octanol–water partition coefficient (Wildman–Crippen LogP) is 3.31. The summed E-state index contributed by atoms with van der Waals surface area (Å²) in [6.07, 6.45) is 3.48. The lowest BCUT2D eigenvalue weighted by Gasteiger charge is -2.25. The standard InChI is InChI=1S/C15H23FN2/c1-3-9-18(13-6-7-13)15-8-5-12(10-14(15)16)11-17-4-2/h5,8,10,13,17H,3-4,6-7,9,11H2,1-2H3. The largest absolute Gasteiger partial charge is 0.366 e. The van der Waals surface area contributed by atoms with Gasteiger partial charge in [-0.25, -0.2) is 4.39 Å². The van der Waals surface area contributed by atoms with Gasteiger partial charge in [-0.3, -0.25) is 0 Å². The van der Waals surface area contributed by atoms with E-state index < -0.39 is 0 Å². The van der Waals surface area contributed by atoms with E-state index in [0.717, 1.165) is 37.3 Å². The first kappa shape index (κ1) is 13.3. The monoisotopic (exact) mass is 250 g/mol. The molecule has 0 saturated heterocycles. The number of hydrogen-bond donors (Lipinski definition) is 1. The van der Waals surface area contributed by atoms with Gasteiger partial charge in [-0.15, -0.1) is 0 Å². The van der Waals surface area contributed by atoms with E-state index in [1.54, 1.807) is 6.07 Å². The Hall–Kier alpha value is -1.09. The third-order valence-electron chi connectivity index (χ3n) is 3.35. The van der Waals surface area contributed by atoms with Crippen LogP contribution >= 0.6 is 0 Å². The highest BCUT2D eigenvalue weighted by Crippen LogP contribution is 2.33. The Morgan fingerprint density at radius 2 is 2.11 bits per heavy atom. The third-order valence-corrected chi connectivity index (χ3v) is 3.35. The highest BCUT2D eigenvalue weighted by Gasteiger charge is 2.29. The third kappa shape index (κ3) is 3.22. The lowest BCUT2D eigenvalue weighted by Crippen LogP contribution is -2.27. The van der Waals surface area contributed by atoms with Crippen LogP contribution in [0.4, 0.5) is 10.1 Å². The minimum absolute atomic E-state index is 0.0780. The molecule has 1 saturated carbocycles. The average molecular weight is 250 g/mol. The van der Waals surface area contributed by atoms with E-state index in [4.69, 9.17) is 0 Å². The van der Waals surface area contributed by atoms with E-state index in [-0.39, 0.29) is 5.82 Å². The molecule has 1 aromatic rings. The topological polar surface area (TPSA) is 15.3 Å². The van der Waals surface area contributed by atoms with Gasteiger partial charge in [-0.2, -0.15) is 0 Å². The number of nitrogens with zero attached hydrogens (tertiary/aromatic N) is 1. The maximum atomic E-state index is 14.2. The minimum Gasteiger partial charge on any atom is -0.366 e. The molecule has 1 aliphatic rings. The highest BCUT2D eigenvalue weighted by atomic mass is 19.1. The van der Waals surface area contributed by atoms with E-state index >= 15 is 0 Å². The second-order valence-corrected chi connectivity index (χ2v) is 4.99. The molecule has 0 amide bonds. The van der Waals surface area contributed by atoms with Crippen molar-refractivity contribution in [1.29, 1.82) is 0 Å². The van der Waals surface area contributed by atoms with Crippen molar-refractivity contribution in [1.82, 2.24) is 5.32 Å². The van der Waals surface area contributed by atoms with Gasteiger partial charge in [0.2, 0.25) is 0 Å². The summed E-state index contributed by atoms with van der Waals surface area (Å²) in [5.74, 6) is -0.0780. The molecule has 2 nitrogen and oxygen atoms in total. The molecule has 1 N–H and O–H groups in total. The fourth-order valence-electron chi connectivity index (χ4n) is 2.29. The van der Waals surface area contributed by atoms with Crippen LogP contribution in [-0.2, 0) is 6.54 Å². The maximum absolute atomic E-state index is 14.2. The van der Waals surface area contributed by atoms with E-state index in [9.17, 15) is 4.39 Å². The Balaban J connectivity index is 2.11. The van der Waals surface area contributed by atoms with Crippen LogP contribution in [0.2, 0.25) is 0 Å². The molecule has 0 aliphatic heterocycles. The zero-order valence-corrected chi connectivity index (χ0v) is 11.4. The number of rotatable bonds is 7. The van der Waals surface area contributed by atoms with Crippen LogP contribution < -0.4 is 10.2 Å². The van der Waals surface area contributed by atoms with E-state index in [1.165, 1.54) is 12.8 Å². The van der Waals surface area contributed by atoms with Crippen LogP contribution in [0.1, 0.15) is 38.7 Å². The molecule has 0 unspecified atom stereocenters. The summed E-state index contributed by atoms with van der Waals surface area (Å²) < 4.78 is 14.2. The fourth-order valence-corrected chi connectivity index (χ4v) is 2.29. The summed E-state index contributed by atoms with van der Waals surface area (Å²) in [6, 6.07) is 6.21. The lowest BCUT2D eigenvalue weighted by molar-refractivity contribution is 0.608. The van der Waals surface area contributed by atoms with Gasteiger partial charge in [0.1, 0.15) is 5.82 Å². The van der Waals surface area contributed by atoms with E-state index in [2.05, 4.69) is 24.1 Å². The molecule has 0 heterocycles. The highest BCUT2D eigenvalue weighted by molar-refractivity contribution is 5.51. The molecule has 0 bridgehead atoms. The van der Waals surface area contributed by atoms with Gasteiger partial charge in [0.05, 0.1) is 5.69 Å². The summed E-state index contributed by atoms with van der Waals surface area (Å²) in [4.78, 5) is 2.23. The molecule has 2 rings (SSSR count). The number of benzene rings is 1. The Morgan fingerprint density at radius 1 is 1.33 bits per heavy atom. The number of hydrogen-bond acceptors (Lipinski definition) is 2. The lowest BCUT2D eigenvalue weighted by atomic mass is 10.1. The van der Waals surface area contributed by atoms with Gasteiger partial charge < -0.3 is 10.2 Å². The molecular formula is C15H23FN2. The van der Waals surface area contributed by atoms with Gasteiger partial charge in [0.15, 0.2) is 0 Å². The van der Waals surface area contributed by atoms with Crippen molar-refractivity contribution in [2.45, 2.75) is 45.7 Å². The minimum atomic E-state index is -0.0780. The second-order valence-electron chi connectivity index (χ2n) is 4.99. The molecule has 1 fully saturated rings. The molecule has 3 heteroatoms. The fraction of sp³-hybridized carbons (Fsp3) is 0.600. The molecular weight excluding hydrogens is 227 g/mol. The van der Waals surface area contributed by atoms with Crippen LogP contribution in [0, 0.1) is 5.82 Å². The zero-order chi connectivity index (χ0) is 13.0. The van der Waals surface area contributed by atoms with Crippen LogP contribution in [0.15, 0.2) is 18.2 Å². The van der Waals surface area contributed by atoms with Gasteiger partial charge in [-0.1, -0.05) is 19.9 Å². The van der Waals surface area contributed by atoms with Crippen molar-refractivity contribution in [2.24, 2.45) is 0 Å². The first-order chi connectivity index (χ1) is 8.76. The second kappa shape index (κ2) is 6.19. The van der Waals surface area contributed by atoms with Gasteiger partial charge in [0.25, 0.3) is 0 Å². The summed E-state index contributed by atoms with van der Waals surface area (Å²) in [6.45, 7) is 6.81. The summed E-state index contributed by atoms with van der Waals surface area (Å²) in [5, 5.41) is 3.22. The number of anilines is 1. The van der Waals surface area contributed by atoms with Crippen LogP contribution in [0.3, 0.4) is 0 Å². The van der Waals surface area contributed by atoms with Crippen molar-refractivity contribution in [3.8, 4) is 0 Å². The van der Waals surface area contributed by atoms with Crippen LogP contribution in [-0.4, -0.2) is 19.1 Å². The average Bonchev–Trinajstić information content (AvgIpc) is 3.18. The zero-order valence-electron chi connectivity index (χ0n) is 11.4. The quantitative estimate of drug-likeness (QED) is 0.798. The molecule has 0 radical (unpaired) electrons. The van der Waals surface area contributed by atoms with Gasteiger partial charge >= 0.3 is 0 Å². The first-order valence-electron chi connectivity index (χ1n) is 7.02. The van der Waals surface area contributed by atoms with Gasteiger partial charge in [0, 0.05) is 19.1 Å². The Morgan fingerprint density at radius 3 is 2.67 bits per heavy atom.